The van der Waals surface area contributed by atoms with Crippen LogP contribution < -0.4 is 15.6 Å². The van der Waals surface area contributed by atoms with Crippen molar-refractivity contribution in [1.82, 2.24) is 14.5 Å². The fourth-order valence-electron chi connectivity index (χ4n) is 1.07. The van der Waals surface area contributed by atoms with E-state index in [9.17, 15) is 13.2 Å². The lowest BCUT2D eigenvalue weighted by atomic mass is 10.4. The summed E-state index contributed by atoms with van der Waals surface area (Å²) in [5.41, 5.74) is -0.0298. The van der Waals surface area contributed by atoms with E-state index in [1.807, 2.05) is 0 Å². The minimum Gasteiger partial charge on any atom is -0.381 e. The first-order chi connectivity index (χ1) is 7.81. The van der Waals surface area contributed by atoms with Crippen molar-refractivity contribution in [3.8, 4) is 0 Å². The Balaban J connectivity index is 2.59. The van der Waals surface area contributed by atoms with Crippen molar-refractivity contribution in [3.63, 3.8) is 0 Å². The maximum atomic E-state index is 11.4. The number of nitrogens with zero attached hydrogens (tertiary/aromatic N) is 2. The van der Waals surface area contributed by atoms with E-state index in [2.05, 4.69) is 15.1 Å². The van der Waals surface area contributed by atoms with Gasteiger partial charge in [-0.1, -0.05) is 11.6 Å². The van der Waals surface area contributed by atoms with Crippen molar-refractivity contribution in [2.24, 2.45) is 7.05 Å². The third-order valence-corrected chi connectivity index (χ3v) is 2.98. The van der Waals surface area contributed by atoms with E-state index < -0.39 is 15.6 Å². The van der Waals surface area contributed by atoms with E-state index in [0.717, 1.165) is 10.9 Å². The molecule has 96 valence electrons. The molecule has 0 aliphatic carbocycles. The Bertz CT molecular complexity index is 554. The van der Waals surface area contributed by atoms with Crippen molar-refractivity contribution >= 4 is 27.3 Å². The summed E-state index contributed by atoms with van der Waals surface area (Å²) in [6, 6.07) is 0. The molecule has 1 heterocycles. The molecule has 0 amide bonds. The largest absolute Gasteiger partial charge is 0.381 e. The van der Waals surface area contributed by atoms with Gasteiger partial charge in [0.15, 0.2) is 0 Å². The molecular formula is C8H13ClN4O3S. The number of aryl methyl sites for hydroxylation is 1. The fraction of sp³-hybridized carbons (Fsp3) is 0.500. The topological polar surface area (TPSA) is 93.1 Å². The summed E-state index contributed by atoms with van der Waals surface area (Å²) in [5.74, 6) is 0. The molecule has 0 saturated heterocycles. The molecule has 0 atom stereocenters. The van der Waals surface area contributed by atoms with E-state index in [1.54, 1.807) is 0 Å². The molecular weight excluding hydrogens is 268 g/mol. The van der Waals surface area contributed by atoms with Crippen LogP contribution >= 0.6 is 11.6 Å². The van der Waals surface area contributed by atoms with Gasteiger partial charge >= 0.3 is 0 Å². The maximum Gasteiger partial charge on any atom is 0.287 e. The zero-order valence-corrected chi connectivity index (χ0v) is 11.0. The van der Waals surface area contributed by atoms with Crippen molar-refractivity contribution in [1.29, 1.82) is 0 Å². The Morgan fingerprint density at radius 3 is 2.71 bits per heavy atom. The van der Waals surface area contributed by atoms with Gasteiger partial charge < -0.3 is 5.32 Å². The van der Waals surface area contributed by atoms with Gasteiger partial charge in [-0.15, -0.1) is 0 Å². The van der Waals surface area contributed by atoms with E-state index in [4.69, 9.17) is 11.6 Å². The monoisotopic (exact) mass is 280 g/mol. The Morgan fingerprint density at radius 1 is 1.47 bits per heavy atom. The molecule has 1 aromatic heterocycles. The molecule has 0 aliphatic rings. The molecule has 0 aromatic carbocycles. The summed E-state index contributed by atoms with van der Waals surface area (Å²) in [4.78, 5) is 11.4. The van der Waals surface area contributed by atoms with Gasteiger partial charge in [-0.25, -0.2) is 17.8 Å². The molecule has 0 bridgehead atoms. The number of aromatic nitrogens is 2. The Labute approximate surface area is 104 Å². The lowest BCUT2D eigenvalue weighted by Gasteiger charge is -2.08. The highest BCUT2D eigenvalue weighted by atomic mass is 35.5. The molecule has 7 nitrogen and oxygen atoms in total. The predicted molar refractivity (Wildman–Crippen MR) is 65.8 cm³/mol. The van der Waals surface area contributed by atoms with Gasteiger partial charge in [0, 0.05) is 20.1 Å². The summed E-state index contributed by atoms with van der Waals surface area (Å²) in [5, 5.41) is 6.63. The van der Waals surface area contributed by atoms with Crippen molar-refractivity contribution < 1.29 is 8.42 Å². The van der Waals surface area contributed by atoms with Crippen LogP contribution in [0.2, 0.25) is 5.02 Å². The minimum atomic E-state index is -3.21. The lowest BCUT2D eigenvalue weighted by molar-refractivity contribution is 0.589. The van der Waals surface area contributed by atoms with E-state index in [-0.39, 0.29) is 11.6 Å². The Kier molecular flexibility index (Phi) is 4.49. The van der Waals surface area contributed by atoms with E-state index >= 15 is 0 Å². The second-order valence-electron chi connectivity index (χ2n) is 3.39. The van der Waals surface area contributed by atoms with Gasteiger partial charge in [0.25, 0.3) is 5.56 Å². The number of nitrogens with one attached hydrogen (secondary N) is 2. The summed E-state index contributed by atoms with van der Waals surface area (Å²) in [6.45, 7) is 0.506. The molecule has 0 spiro atoms. The third kappa shape index (κ3) is 4.33. The number of rotatable bonds is 5. The SMILES string of the molecule is Cn1ncc(NCCNS(C)(=O)=O)c(Cl)c1=O. The Morgan fingerprint density at radius 2 is 2.12 bits per heavy atom. The van der Waals surface area contributed by atoms with Gasteiger partial charge in [0.05, 0.1) is 18.1 Å². The van der Waals surface area contributed by atoms with E-state index in [0.29, 0.717) is 12.2 Å². The highest BCUT2D eigenvalue weighted by molar-refractivity contribution is 7.88. The summed E-state index contributed by atoms with van der Waals surface area (Å²) in [7, 11) is -1.72. The third-order valence-electron chi connectivity index (χ3n) is 1.88. The van der Waals surface area contributed by atoms with Crippen LogP contribution in [0.15, 0.2) is 11.0 Å². The molecule has 0 aliphatic heterocycles. The predicted octanol–water partition coefficient (Wildman–Crippen LogP) is -0.605. The van der Waals surface area contributed by atoms with Crippen LogP contribution in [0.25, 0.3) is 0 Å². The second kappa shape index (κ2) is 5.48. The molecule has 9 heteroatoms. The van der Waals surface area contributed by atoms with Crippen LogP contribution in [-0.2, 0) is 17.1 Å². The van der Waals surface area contributed by atoms with Gasteiger partial charge in [-0.3, -0.25) is 4.79 Å². The lowest BCUT2D eigenvalue weighted by Crippen LogP contribution is -2.28. The van der Waals surface area contributed by atoms with Crippen molar-refractivity contribution in [2.45, 2.75) is 0 Å². The molecule has 1 rings (SSSR count). The quantitative estimate of drug-likeness (QED) is 0.702. The van der Waals surface area contributed by atoms with E-state index in [1.165, 1.54) is 13.2 Å². The molecule has 0 saturated carbocycles. The number of hydrogen-bond donors (Lipinski definition) is 2. The summed E-state index contributed by atoms with van der Waals surface area (Å²) >= 11 is 5.79. The molecule has 0 fully saturated rings. The minimum absolute atomic E-state index is 0.0295. The zero-order chi connectivity index (χ0) is 13.1. The smallest absolute Gasteiger partial charge is 0.287 e. The van der Waals surface area contributed by atoms with Gasteiger partial charge in [-0.2, -0.15) is 5.10 Å². The highest BCUT2D eigenvalue weighted by Gasteiger charge is 2.06. The number of sulfonamides is 1. The zero-order valence-electron chi connectivity index (χ0n) is 9.40. The summed E-state index contributed by atoms with van der Waals surface area (Å²) < 4.78 is 25.0. The summed E-state index contributed by atoms with van der Waals surface area (Å²) in [6.07, 6.45) is 2.48. The van der Waals surface area contributed by atoms with Crippen LogP contribution in [0.3, 0.4) is 0 Å². The van der Waals surface area contributed by atoms with Crippen LogP contribution in [0, 0.1) is 0 Å². The first-order valence-corrected chi connectivity index (χ1v) is 6.98. The normalized spacial score (nSPS) is 11.5. The average molecular weight is 281 g/mol. The molecule has 17 heavy (non-hydrogen) atoms. The average Bonchev–Trinajstić information content (AvgIpc) is 2.22. The van der Waals surface area contributed by atoms with Crippen LogP contribution in [-0.4, -0.2) is 37.5 Å². The number of halogens is 1. The Hall–Kier alpha value is -1.12. The number of hydrogen-bond acceptors (Lipinski definition) is 5. The maximum absolute atomic E-state index is 11.4. The second-order valence-corrected chi connectivity index (χ2v) is 5.61. The highest BCUT2D eigenvalue weighted by Crippen LogP contribution is 2.13. The first kappa shape index (κ1) is 13.9. The van der Waals surface area contributed by atoms with Crippen molar-refractivity contribution in [2.75, 3.05) is 24.7 Å². The molecule has 1 aromatic rings. The van der Waals surface area contributed by atoms with Gasteiger partial charge in [-0.05, 0) is 0 Å². The molecule has 0 radical (unpaired) electrons. The fourth-order valence-corrected chi connectivity index (χ4v) is 1.78. The van der Waals surface area contributed by atoms with Crippen LogP contribution in [0.4, 0.5) is 5.69 Å². The standard InChI is InChI=1S/C8H13ClN4O3S/c1-13-8(14)7(9)6(5-11-13)10-3-4-12-17(2,15)16/h5,10,12H,3-4H2,1-2H3. The molecule has 0 unspecified atom stereocenters. The molecule has 2 N–H and O–H groups in total. The van der Waals surface area contributed by atoms with Gasteiger partial charge in [0.1, 0.15) is 5.02 Å². The first-order valence-electron chi connectivity index (χ1n) is 4.71. The van der Waals surface area contributed by atoms with Gasteiger partial charge in [0.2, 0.25) is 10.0 Å². The number of anilines is 1. The van der Waals surface area contributed by atoms with Crippen LogP contribution in [0.1, 0.15) is 0 Å². The van der Waals surface area contributed by atoms with Crippen LogP contribution in [0.5, 0.6) is 0 Å². The van der Waals surface area contributed by atoms with Crippen molar-refractivity contribution in [3.05, 3.63) is 21.6 Å².